The van der Waals surface area contributed by atoms with Crippen LogP contribution >= 0.6 is 0 Å². The highest BCUT2D eigenvalue weighted by Gasteiger charge is 2.23. The van der Waals surface area contributed by atoms with E-state index >= 15 is 0 Å². The first-order chi connectivity index (χ1) is 8.60. The standard InChI is InChI=1S/C14H22FN3/c1-11-3-4-12(7-14(11)15)9-18-6-5-17(2)10-13(18)8-16/h3-4,7,13H,5-6,8-10,16H2,1-2H3. The van der Waals surface area contributed by atoms with Gasteiger partial charge in [-0.2, -0.15) is 0 Å². The molecule has 0 amide bonds. The average molecular weight is 251 g/mol. The zero-order valence-corrected chi connectivity index (χ0v) is 11.2. The molecule has 100 valence electrons. The summed E-state index contributed by atoms with van der Waals surface area (Å²) in [6, 6.07) is 5.86. The molecular weight excluding hydrogens is 229 g/mol. The summed E-state index contributed by atoms with van der Waals surface area (Å²) in [7, 11) is 2.12. The van der Waals surface area contributed by atoms with Crippen LogP contribution in [0.3, 0.4) is 0 Å². The number of piperazine rings is 1. The fraction of sp³-hybridized carbons (Fsp3) is 0.571. The van der Waals surface area contributed by atoms with Gasteiger partial charge in [-0.15, -0.1) is 0 Å². The minimum absolute atomic E-state index is 0.120. The summed E-state index contributed by atoms with van der Waals surface area (Å²) in [6.07, 6.45) is 0. The van der Waals surface area contributed by atoms with Gasteiger partial charge < -0.3 is 10.6 Å². The van der Waals surface area contributed by atoms with Crippen LogP contribution in [0.25, 0.3) is 0 Å². The molecule has 0 bridgehead atoms. The summed E-state index contributed by atoms with van der Waals surface area (Å²) in [6.45, 7) is 6.26. The van der Waals surface area contributed by atoms with Crippen LogP contribution in [0.5, 0.6) is 0 Å². The van der Waals surface area contributed by atoms with Crippen molar-refractivity contribution in [2.45, 2.75) is 19.5 Å². The van der Waals surface area contributed by atoms with E-state index in [4.69, 9.17) is 5.73 Å². The van der Waals surface area contributed by atoms with Crippen LogP contribution in [0, 0.1) is 12.7 Å². The van der Waals surface area contributed by atoms with Gasteiger partial charge in [-0.3, -0.25) is 4.90 Å². The third kappa shape index (κ3) is 3.07. The van der Waals surface area contributed by atoms with E-state index in [1.54, 1.807) is 13.0 Å². The van der Waals surface area contributed by atoms with E-state index in [9.17, 15) is 4.39 Å². The number of hydrogen-bond donors (Lipinski definition) is 1. The first-order valence-corrected chi connectivity index (χ1v) is 6.48. The predicted octanol–water partition coefficient (Wildman–Crippen LogP) is 1.21. The Bertz CT molecular complexity index is 408. The number of halogens is 1. The SMILES string of the molecule is Cc1ccc(CN2CCN(C)CC2CN)cc1F. The number of nitrogens with zero attached hydrogens (tertiary/aromatic N) is 2. The third-order valence-electron chi connectivity index (χ3n) is 3.70. The van der Waals surface area contributed by atoms with Gasteiger partial charge in [0.05, 0.1) is 0 Å². The number of hydrogen-bond acceptors (Lipinski definition) is 3. The maximum absolute atomic E-state index is 13.5. The first-order valence-electron chi connectivity index (χ1n) is 6.48. The van der Waals surface area contributed by atoms with Gasteiger partial charge in [0.15, 0.2) is 0 Å². The third-order valence-corrected chi connectivity index (χ3v) is 3.70. The van der Waals surface area contributed by atoms with E-state index in [1.165, 1.54) is 0 Å². The molecular formula is C14H22FN3. The number of nitrogens with two attached hydrogens (primary N) is 1. The zero-order chi connectivity index (χ0) is 13.1. The van der Waals surface area contributed by atoms with Crippen LogP contribution < -0.4 is 5.73 Å². The molecule has 0 saturated carbocycles. The predicted molar refractivity (Wildman–Crippen MR) is 71.9 cm³/mol. The lowest BCUT2D eigenvalue weighted by molar-refractivity contribution is 0.0880. The molecule has 0 aromatic heterocycles. The van der Waals surface area contributed by atoms with Gasteiger partial charge in [0.2, 0.25) is 0 Å². The summed E-state index contributed by atoms with van der Waals surface area (Å²) in [5.41, 5.74) is 7.55. The van der Waals surface area contributed by atoms with Crippen LogP contribution in [0.4, 0.5) is 4.39 Å². The average Bonchev–Trinajstić information content (AvgIpc) is 2.36. The van der Waals surface area contributed by atoms with E-state index in [1.807, 2.05) is 12.1 Å². The van der Waals surface area contributed by atoms with E-state index < -0.39 is 0 Å². The monoisotopic (exact) mass is 251 g/mol. The molecule has 1 aliphatic heterocycles. The minimum Gasteiger partial charge on any atom is -0.329 e. The Morgan fingerprint density at radius 2 is 2.17 bits per heavy atom. The maximum atomic E-state index is 13.5. The molecule has 1 unspecified atom stereocenters. The molecule has 1 aromatic rings. The van der Waals surface area contributed by atoms with E-state index in [-0.39, 0.29) is 5.82 Å². The van der Waals surface area contributed by atoms with Gasteiger partial charge >= 0.3 is 0 Å². The second-order valence-electron chi connectivity index (χ2n) is 5.21. The van der Waals surface area contributed by atoms with Gasteiger partial charge in [0, 0.05) is 38.8 Å². The van der Waals surface area contributed by atoms with Gasteiger partial charge in [0.25, 0.3) is 0 Å². The molecule has 0 spiro atoms. The Morgan fingerprint density at radius 3 is 2.83 bits per heavy atom. The topological polar surface area (TPSA) is 32.5 Å². The van der Waals surface area contributed by atoms with Crippen LogP contribution in [0.15, 0.2) is 18.2 Å². The molecule has 0 aliphatic carbocycles. The maximum Gasteiger partial charge on any atom is 0.126 e. The summed E-state index contributed by atoms with van der Waals surface area (Å²) in [4.78, 5) is 4.65. The highest BCUT2D eigenvalue weighted by Crippen LogP contribution is 2.15. The van der Waals surface area contributed by atoms with Crippen LogP contribution in [0.2, 0.25) is 0 Å². The van der Waals surface area contributed by atoms with Crippen molar-refractivity contribution >= 4 is 0 Å². The second kappa shape index (κ2) is 5.78. The molecule has 1 atom stereocenters. The minimum atomic E-state index is -0.120. The Labute approximate surface area is 108 Å². The molecule has 1 aliphatic rings. The Hall–Kier alpha value is -0.970. The number of rotatable bonds is 3. The molecule has 1 fully saturated rings. The molecule has 4 heteroatoms. The van der Waals surface area contributed by atoms with Gasteiger partial charge in [-0.25, -0.2) is 4.39 Å². The molecule has 2 N–H and O–H groups in total. The molecule has 2 rings (SSSR count). The molecule has 0 radical (unpaired) electrons. The van der Waals surface area contributed by atoms with Crippen molar-refractivity contribution in [1.82, 2.24) is 9.80 Å². The quantitative estimate of drug-likeness (QED) is 0.876. The molecule has 1 aromatic carbocycles. The van der Waals surface area contributed by atoms with Crippen LogP contribution in [-0.4, -0.2) is 49.1 Å². The van der Waals surface area contributed by atoms with Crippen molar-refractivity contribution in [3.8, 4) is 0 Å². The van der Waals surface area contributed by atoms with Gasteiger partial charge in [-0.05, 0) is 31.2 Å². The highest BCUT2D eigenvalue weighted by atomic mass is 19.1. The van der Waals surface area contributed by atoms with Gasteiger partial charge in [-0.1, -0.05) is 12.1 Å². The number of likely N-dealkylation sites (N-methyl/N-ethyl adjacent to an activating group) is 1. The van der Waals surface area contributed by atoms with Crippen molar-refractivity contribution in [1.29, 1.82) is 0 Å². The normalized spacial score (nSPS) is 22.3. The van der Waals surface area contributed by atoms with Gasteiger partial charge in [0.1, 0.15) is 5.82 Å². The fourth-order valence-corrected chi connectivity index (χ4v) is 2.45. The van der Waals surface area contributed by atoms with E-state index in [0.29, 0.717) is 18.2 Å². The summed E-state index contributed by atoms with van der Waals surface area (Å²) in [5, 5.41) is 0. The molecule has 1 saturated heterocycles. The van der Waals surface area contributed by atoms with Crippen molar-refractivity contribution in [2.75, 3.05) is 33.2 Å². The van der Waals surface area contributed by atoms with Crippen LogP contribution in [-0.2, 0) is 6.54 Å². The molecule has 3 nitrogen and oxygen atoms in total. The smallest absolute Gasteiger partial charge is 0.126 e. The number of benzene rings is 1. The second-order valence-corrected chi connectivity index (χ2v) is 5.21. The Kier molecular flexibility index (Phi) is 4.32. The van der Waals surface area contributed by atoms with Crippen molar-refractivity contribution < 1.29 is 4.39 Å². The lowest BCUT2D eigenvalue weighted by atomic mass is 10.1. The van der Waals surface area contributed by atoms with E-state index in [0.717, 1.165) is 31.7 Å². The molecule has 18 heavy (non-hydrogen) atoms. The highest BCUT2D eigenvalue weighted by molar-refractivity contribution is 5.23. The largest absolute Gasteiger partial charge is 0.329 e. The zero-order valence-electron chi connectivity index (χ0n) is 11.2. The van der Waals surface area contributed by atoms with Crippen molar-refractivity contribution in [3.63, 3.8) is 0 Å². The lowest BCUT2D eigenvalue weighted by Crippen LogP contribution is -2.54. The van der Waals surface area contributed by atoms with E-state index in [2.05, 4.69) is 16.8 Å². The number of aryl methyl sites for hydroxylation is 1. The fourth-order valence-electron chi connectivity index (χ4n) is 2.45. The molecule has 1 heterocycles. The Morgan fingerprint density at radius 1 is 1.39 bits per heavy atom. The summed E-state index contributed by atoms with van der Waals surface area (Å²) >= 11 is 0. The van der Waals surface area contributed by atoms with Crippen molar-refractivity contribution in [2.24, 2.45) is 5.73 Å². The summed E-state index contributed by atoms with van der Waals surface area (Å²) < 4.78 is 13.5. The lowest BCUT2D eigenvalue weighted by Gasteiger charge is -2.39. The van der Waals surface area contributed by atoms with Crippen molar-refractivity contribution in [3.05, 3.63) is 35.1 Å². The Balaban J connectivity index is 2.05. The van der Waals surface area contributed by atoms with Crippen LogP contribution in [0.1, 0.15) is 11.1 Å². The first kappa shape index (κ1) is 13.5. The summed E-state index contributed by atoms with van der Waals surface area (Å²) in [5.74, 6) is -0.120.